The predicted molar refractivity (Wildman–Crippen MR) is 63.5 cm³/mol. The van der Waals surface area contributed by atoms with Crippen molar-refractivity contribution in [3.8, 4) is 0 Å². The van der Waals surface area contributed by atoms with Crippen molar-refractivity contribution in [2.45, 2.75) is 6.54 Å². The van der Waals surface area contributed by atoms with E-state index in [0.717, 1.165) is 5.52 Å². The average Bonchev–Trinajstić information content (AvgIpc) is 2.54. The number of nitrogen functional groups attached to an aromatic ring is 1. The fraction of sp³-hybridized carbons (Fsp3) is 0.364. The Morgan fingerprint density at radius 2 is 2.25 bits per heavy atom. The van der Waals surface area contributed by atoms with Gasteiger partial charge in [0.15, 0.2) is 0 Å². The lowest BCUT2D eigenvalue weighted by molar-refractivity contribution is 0.186. The number of hydrogen-bond donors (Lipinski definition) is 1. The lowest BCUT2D eigenvalue weighted by atomic mass is 10.3. The minimum absolute atomic E-state index is 0.0624. The Morgan fingerprint density at radius 1 is 1.50 bits per heavy atom. The second-order valence-electron chi connectivity index (χ2n) is 3.76. The summed E-state index contributed by atoms with van der Waals surface area (Å²) in [5.41, 5.74) is 7.13. The Kier molecular flexibility index (Phi) is 2.70. The first-order valence-electron chi connectivity index (χ1n) is 5.08. The number of aryl methyl sites for hydroxylation is 1. The first-order chi connectivity index (χ1) is 7.65. The molecule has 2 rings (SSSR count). The zero-order valence-corrected chi connectivity index (χ0v) is 9.43. The Morgan fingerprint density at radius 3 is 2.94 bits per heavy atom. The van der Waals surface area contributed by atoms with Crippen LogP contribution in [0.1, 0.15) is 0 Å². The summed E-state index contributed by atoms with van der Waals surface area (Å²) in [4.78, 5) is 12.1. The standard InChI is InChI=1S/C11H15N3O2/c1-13-7-8(12)10-9(13)3-4-14(11(10)15)5-6-16-2/h3-4,7H,5-6,12H2,1-2H3. The number of methoxy groups -OCH3 is 1. The molecule has 0 saturated carbocycles. The Hall–Kier alpha value is -1.75. The average molecular weight is 221 g/mol. The normalized spacial score (nSPS) is 11.1. The zero-order chi connectivity index (χ0) is 11.7. The fourth-order valence-corrected chi connectivity index (χ4v) is 1.84. The van der Waals surface area contributed by atoms with Gasteiger partial charge in [-0.25, -0.2) is 0 Å². The van der Waals surface area contributed by atoms with E-state index < -0.39 is 0 Å². The van der Waals surface area contributed by atoms with Gasteiger partial charge in [-0.3, -0.25) is 4.79 Å². The molecular weight excluding hydrogens is 206 g/mol. The first kappa shape index (κ1) is 10.8. The molecule has 0 amide bonds. The molecular formula is C11H15N3O2. The second kappa shape index (κ2) is 4.02. The molecule has 0 atom stereocenters. The molecule has 0 saturated heterocycles. The minimum Gasteiger partial charge on any atom is -0.397 e. The Bertz CT molecular complexity index is 568. The quantitative estimate of drug-likeness (QED) is 0.824. The van der Waals surface area contributed by atoms with Crippen LogP contribution in [-0.2, 0) is 18.3 Å². The molecule has 0 unspecified atom stereocenters. The number of nitrogens with two attached hydrogens (primary N) is 1. The molecule has 2 N–H and O–H groups in total. The highest BCUT2D eigenvalue weighted by Gasteiger charge is 2.09. The summed E-state index contributed by atoms with van der Waals surface area (Å²) >= 11 is 0. The molecule has 2 heterocycles. The molecule has 0 spiro atoms. The molecule has 2 aromatic heterocycles. The second-order valence-corrected chi connectivity index (χ2v) is 3.76. The van der Waals surface area contributed by atoms with Crippen molar-refractivity contribution in [2.24, 2.45) is 7.05 Å². The maximum Gasteiger partial charge on any atom is 0.262 e. The molecule has 0 radical (unpaired) electrons. The van der Waals surface area contributed by atoms with Gasteiger partial charge in [0.2, 0.25) is 0 Å². The van der Waals surface area contributed by atoms with Gasteiger partial charge in [0.1, 0.15) is 0 Å². The van der Waals surface area contributed by atoms with E-state index in [2.05, 4.69) is 0 Å². The van der Waals surface area contributed by atoms with Gasteiger partial charge < -0.3 is 19.6 Å². The van der Waals surface area contributed by atoms with Crippen LogP contribution in [0.3, 0.4) is 0 Å². The van der Waals surface area contributed by atoms with Crippen molar-refractivity contribution >= 4 is 16.6 Å². The first-order valence-corrected chi connectivity index (χ1v) is 5.08. The number of ether oxygens (including phenoxy) is 1. The van der Waals surface area contributed by atoms with Crippen molar-refractivity contribution in [3.05, 3.63) is 28.8 Å². The van der Waals surface area contributed by atoms with E-state index in [1.54, 1.807) is 24.1 Å². The van der Waals surface area contributed by atoms with E-state index in [4.69, 9.17) is 10.5 Å². The van der Waals surface area contributed by atoms with Gasteiger partial charge >= 0.3 is 0 Å². The molecule has 16 heavy (non-hydrogen) atoms. The van der Waals surface area contributed by atoms with Crippen LogP contribution in [0.2, 0.25) is 0 Å². The molecule has 0 aliphatic heterocycles. The monoisotopic (exact) mass is 221 g/mol. The van der Waals surface area contributed by atoms with Gasteiger partial charge in [-0.2, -0.15) is 0 Å². The Labute approximate surface area is 93.0 Å². The Balaban J connectivity index is 2.60. The van der Waals surface area contributed by atoms with E-state index >= 15 is 0 Å². The number of rotatable bonds is 3. The molecule has 2 aromatic rings. The molecule has 0 aliphatic rings. The van der Waals surface area contributed by atoms with Crippen LogP contribution in [0, 0.1) is 0 Å². The zero-order valence-electron chi connectivity index (χ0n) is 9.43. The van der Waals surface area contributed by atoms with Crippen LogP contribution < -0.4 is 11.3 Å². The summed E-state index contributed by atoms with van der Waals surface area (Å²) in [5.74, 6) is 0. The molecule has 0 bridgehead atoms. The largest absolute Gasteiger partial charge is 0.397 e. The number of hydrogen-bond acceptors (Lipinski definition) is 3. The van der Waals surface area contributed by atoms with Crippen LogP contribution >= 0.6 is 0 Å². The van der Waals surface area contributed by atoms with E-state index in [0.29, 0.717) is 24.2 Å². The van der Waals surface area contributed by atoms with Crippen molar-refractivity contribution in [3.63, 3.8) is 0 Å². The summed E-state index contributed by atoms with van der Waals surface area (Å²) in [6.45, 7) is 1.05. The van der Waals surface area contributed by atoms with Crippen molar-refractivity contribution in [1.29, 1.82) is 0 Å². The van der Waals surface area contributed by atoms with Gasteiger partial charge in [0.05, 0.1) is 23.2 Å². The lowest BCUT2D eigenvalue weighted by Gasteiger charge is -2.05. The van der Waals surface area contributed by atoms with Gasteiger partial charge in [-0.1, -0.05) is 0 Å². The molecule has 0 fully saturated rings. The van der Waals surface area contributed by atoms with E-state index in [9.17, 15) is 4.79 Å². The number of fused-ring (bicyclic) bond motifs is 1. The van der Waals surface area contributed by atoms with E-state index in [1.807, 2.05) is 17.7 Å². The number of aromatic nitrogens is 2. The summed E-state index contributed by atoms with van der Waals surface area (Å²) in [7, 11) is 3.48. The van der Waals surface area contributed by atoms with Crippen molar-refractivity contribution < 1.29 is 4.74 Å². The maximum atomic E-state index is 12.1. The maximum absolute atomic E-state index is 12.1. The summed E-state index contributed by atoms with van der Waals surface area (Å²) in [6.07, 6.45) is 3.52. The van der Waals surface area contributed by atoms with E-state index in [1.165, 1.54) is 0 Å². The third-order valence-corrected chi connectivity index (χ3v) is 2.68. The van der Waals surface area contributed by atoms with E-state index in [-0.39, 0.29) is 5.56 Å². The van der Waals surface area contributed by atoms with Crippen LogP contribution in [-0.4, -0.2) is 22.9 Å². The smallest absolute Gasteiger partial charge is 0.262 e. The van der Waals surface area contributed by atoms with Crippen molar-refractivity contribution in [1.82, 2.24) is 9.13 Å². The predicted octanol–water partition coefficient (Wildman–Crippen LogP) is 0.569. The van der Waals surface area contributed by atoms with Gasteiger partial charge in [0, 0.05) is 33.1 Å². The summed E-state index contributed by atoms with van der Waals surface area (Å²) in [5, 5.41) is 0.584. The highest BCUT2D eigenvalue weighted by Crippen LogP contribution is 2.17. The summed E-state index contributed by atoms with van der Waals surface area (Å²) < 4.78 is 8.42. The van der Waals surface area contributed by atoms with Crippen molar-refractivity contribution in [2.75, 3.05) is 19.5 Å². The topological polar surface area (TPSA) is 62.2 Å². The lowest BCUT2D eigenvalue weighted by Crippen LogP contribution is -2.21. The highest BCUT2D eigenvalue weighted by molar-refractivity contribution is 5.90. The number of pyridine rings is 1. The van der Waals surface area contributed by atoms with Crippen LogP contribution in [0.4, 0.5) is 5.69 Å². The third-order valence-electron chi connectivity index (χ3n) is 2.68. The summed E-state index contributed by atoms with van der Waals surface area (Å²) in [6, 6.07) is 1.89. The SMILES string of the molecule is COCCn1ccc2c(c(N)cn2C)c1=O. The molecule has 0 aliphatic carbocycles. The van der Waals surface area contributed by atoms with Gasteiger partial charge in [-0.15, -0.1) is 0 Å². The third kappa shape index (κ3) is 1.59. The fourth-order valence-electron chi connectivity index (χ4n) is 1.84. The molecule has 86 valence electrons. The van der Waals surface area contributed by atoms with Crippen LogP contribution in [0.25, 0.3) is 10.9 Å². The highest BCUT2D eigenvalue weighted by atomic mass is 16.5. The van der Waals surface area contributed by atoms with Crippen LogP contribution in [0.5, 0.6) is 0 Å². The minimum atomic E-state index is -0.0624. The van der Waals surface area contributed by atoms with Gasteiger partial charge in [0.25, 0.3) is 5.56 Å². The van der Waals surface area contributed by atoms with Crippen LogP contribution in [0.15, 0.2) is 23.3 Å². The molecule has 0 aromatic carbocycles. The number of anilines is 1. The molecule has 5 heteroatoms. The van der Waals surface area contributed by atoms with Gasteiger partial charge in [-0.05, 0) is 6.07 Å². The number of nitrogens with zero attached hydrogens (tertiary/aromatic N) is 2. The molecule has 5 nitrogen and oxygen atoms in total.